The predicted octanol–water partition coefficient (Wildman–Crippen LogP) is 3.24. The van der Waals surface area contributed by atoms with Crippen molar-refractivity contribution in [1.82, 2.24) is 20.4 Å². The van der Waals surface area contributed by atoms with Crippen LogP contribution < -0.4 is 10.6 Å². The predicted molar refractivity (Wildman–Crippen MR) is 104 cm³/mol. The normalized spacial score (nSPS) is 12.9. The minimum absolute atomic E-state index is 0.166. The van der Waals surface area contributed by atoms with E-state index in [2.05, 4.69) is 65.1 Å². The quantitative estimate of drug-likeness (QED) is 0.438. The summed E-state index contributed by atoms with van der Waals surface area (Å²) in [6.45, 7) is 5.93. The second-order valence-corrected chi connectivity index (χ2v) is 6.50. The van der Waals surface area contributed by atoms with E-state index in [0.29, 0.717) is 0 Å². The summed E-state index contributed by atoms with van der Waals surface area (Å²) >= 11 is 1.86. The van der Waals surface area contributed by atoms with Gasteiger partial charge in [-0.2, -0.15) is 16.9 Å². The number of thioether (sulfide) groups is 1. The van der Waals surface area contributed by atoms with Gasteiger partial charge in [-0.05, 0) is 56.0 Å². The van der Waals surface area contributed by atoms with Crippen LogP contribution in [0.1, 0.15) is 31.9 Å². The fraction of sp³-hybridized carbons (Fsp3) is 0.444. The van der Waals surface area contributed by atoms with Crippen LogP contribution in [0.5, 0.6) is 0 Å². The van der Waals surface area contributed by atoms with Crippen molar-refractivity contribution in [3.05, 3.63) is 48.3 Å². The fourth-order valence-corrected chi connectivity index (χ4v) is 2.78. The lowest BCUT2D eigenvalue weighted by molar-refractivity contribution is 0.684. The Morgan fingerprint density at radius 1 is 1.38 bits per heavy atom. The highest BCUT2D eigenvalue weighted by atomic mass is 32.2. The third-order valence-corrected chi connectivity index (χ3v) is 4.31. The van der Waals surface area contributed by atoms with E-state index in [4.69, 9.17) is 0 Å². The molecule has 1 atom stereocenters. The lowest BCUT2D eigenvalue weighted by Crippen LogP contribution is -2.38. The largest absolute Gasteiger partial charge is 0.357 e. The van der Waals surface area contributed by atoms with Gasteiger partial charge in [0.25, 0.3) is 0 Å². The van der Waals surface area contributed by atoms with Gasteiger partial charge in [0, 0.05) is 25.5 Å². The van der Waals surface area contributed by atoms with Crippen molar-refractivity contribution in [2.24, 2.45) is 4.99 Å². The highest BCUT2D eigenvalue weighted by Crippen LogP contribution is 2.16. The third kappa shape index (κ3) is 5.60. The number of hydrogen-bond donors (Lipinski definition) is 2. The van der Waals surface area contributed by atoms with Gasteiger partial charge in [-0.3, -0.25) is 4.99 Å². The topological polar surface area (TPSA) is 54.2 Å². The molecule has 1 heterocycles. The van der Waals surface area contributed by atoms with Gasteiger partial charge < -0.3 is 10.6 Å². The number of benzene rings is 1. The zero-order valence-electron chi connectivity index (χ0n) is 14.7. The second kappa shape index (κ2) is 10.0. The van der Waals surface area contributed by atoms with E-state index in [0.717, 1.165) is 36.9 Å². The van der Waals surface area contributed by atoms with E-state index in [9.17, 15) is 0 Å². The summed E-state index contributed by atoms with van der Waals surface area (Å²) < 4.78 is 1.87. The Bertz CT molecular complexity index is 624. The first-order valence-electron chi connectivity index (χ1n) is 8.38. The number of hydrogen-bond acceptors (Lipinski definition) is 3. The number of aliphatic imine (C=N–C) groups is 1. The van der Waals surface area contributed by atoms with Gasteiger partial charge in [-0.15, -0.1) is 0 Å². The number of nitrogens with one attached hydrogen (secondary N) is 2. The van der Waals surface area contributed by atoms with Crippen LogP contribution in [-0.2, 0) is 0 Å². The standard InChI is InChI=1S/C18H27N5S/c1-4-19-18(20-10-7-13-24-3)22-15(2)16-8-5-9-17(14-16)23-12-6-11-21-23/h5-6,8-9,11-12,14-15H,4,7,10,13H2,1-3H3,(H2,19,20,22). The minimum Gasteiger partial charge on any atom is -0.357 e. The molecule has 0 saturated heterocycles. The van der Waals surface area contributed by atoms with Gasteiger partial charge in [0.2, 0.25) is 0 Å². The zero-order chi connectivity index (χ0) is 17.2. The van der Waals surface area contributed by atoms with Gasteiger partial charge in [0.1, 0.15) is 0 Å². The monoisotopic (exact) mass is 345 g/mol. The van der Waals surface area contributed by atoms with Crippen LogP contribution in [0.2, 0.25) is 0 Å². The average molecular weight is 346 g/mol. The summed E-state index contributed by atoms with van der Waals surface area (Å²) in [7, 11) is 0. The van der Waals surface area contributed by atoms with Crippen molar-refractivity contribution in [2.75, 3.05) is 25.1 Å². The van der Waals surface area contributed by atoms with Gasteiger partial charge >= 0.3 is 0 Å². The van der Waals surface area contributed by atoms with Crippen molar-refractivity contribution in [1.29, 1.82) is 0 Å². The molecule has 0 bridgehead atoms. The Hall–Kier alpha value is -1.95. The van der Waals surface area contributed by atoms with Crippen LogP contribution in [0.25, 0.3) is 5.69 Å². The summed E-state index contributed by atoms with van der Waals surface area (Å²) in [5, 5.41) is 11.1. The van der Waals surface area contributed by atoms with E-state index < -0.39 is 0 Å². The van der Waals surface area contributed by atoms with Crippen LogP contribution in [0.3, 0.4) is 0 Å². The smallest absolute Gasteiger partial charge is 0.191 e. The Kier molecular flexibility index (Phi) is 7.68. The Labute approximate surface area is 148 Å². The van der Waals surface area contributed by atoms with E-state index in [1.807, 2.05) is 28.7 Å². The Morgan fingerprint density at radius 3 is 2.96 bits per heavy atom. The highest BCUT2D eigenvalue weighted by Gasteiger charge is 2.09. The summed E-state index contributed by atoms with van der Waals surface area (Å²) in [4.78, 5) is 4.65. The third-order valence-electron chi connectivity index (χ3n) is 3.61. The van der Waals surface area contributed by atoms with Gasteiger partial charge in [0.05, 0.1) is 11.7 Å². The second-order valence-electron chi connectivity index (χ2n) is 5.52. The Morgan fingerprint density at radius 2 is 2.25 bits per heavy atom. The molecule has 2 N–H and O–H groups in total. The molecule has 130 valence electrons. The molecule has 6 heteroatoms. The summed E-state index contributed by atoms with van der Waals surface area (Å²) in [6.07, 6.45) is 6.97. The number of rotatable bonds is 8. The lowest BCUT2D eigenvalue weighted by atomic mass is 10.1. The molecule has 1 aromatic heterocycles. The molecular weight excluding hydrogens is 318 g/mol. The SMILES string of the molecule is CCNC(=NCCCSC)NC(C)c1cccc(-n2cccn2)c1. The van der Waals surface area contributed by atoms with E-state index in [1.165, 1.54) is 5.56 Å². The van der Waals surface area contributed by atoms with Crippen molar-refractivity contribution in [3.8, 4) is 5.69 Å². The van der Waals surface area contributed by atoms with Crippen LogP contribution in [0.4, 0.5) is 0 Å². The van der Waals surface area contributed by atoms with Gasteiger partial charge in [0.15, 0.2) is 5.96 Å². The van der Waals surface area contributed by atoms with Crippen LogP contribution in [0.15, 0.2) is 47.7 Å². The van der Waals surface area contributed by atoms with Crippen molar-refractivity contribution in [2.45, 2.75) is 26.3 Å². The number of aromatic nitrogens is 2. The first kappa shape index (κ1) is 18.4. The molecule has 1 aromatic carbocycles. The van der Waals surface area contributed by atoms with Crippen LogP contribution in [0, 0.1) is 0 Å². The summed E-state index contributed by atoms with van der Waals surface area (Å²) in [6, 6.07) is 10.5. The number of nitrogens with zero attached hydrogens (tertiary/aromatic N) is 3. The van der Waals surface area contributed by atoms with Crippen molar-refractivity contribution in [3.63, 3.8) is 0 Å². The molecule has 2 aromatic rings. The molecule has 24 heavy (non-hydrogen) atoms. The van der Waals surface area contributed by atoms with E-state index >= 15 is 0 Å². The van der Waals surface area contributed by atoms with Gasteiger partial charge in [-0.25, -0.2) is 4.68 Å². The van der Waals surface area contributed by atoms with Crippen LogP contribution >= 0.6 is 11.8 Å². The highest BCUT2D eigenvalue weighted by molar-refractivity contribution is 7.98. The molecule has 2 rings (SSSR count). The lowest BCUT2D eigenvalue weighted by Gasteiger charge is -2.19. The molecule has 0 aliphatic heterocycles. The fourth-order valence-electron chi connectivity index (χ4n) is 2.37. The first-order chi connectivity index (χ1) is 11.7. The molecule has 0 amide bonds. The maximum Gasteiger partial charge on any atom is 0.191 e. The van der Waals surface area contributed by atoms with E-state index in [1.54, 1.807) is 6.20 Å². The molecule has 0 aliphatic carbocycles. The van der Waals surface area contributed by atoms with Gasteiger partial charge in [-0.1, -0.05) is 12.1 Å². The van der Waals surface area contributed by atoms with E-state index in [-0.39, 0.29) is 6.04 Å². The minimum atomic E-state index is 0.166. The zero-order valence-corrected chi connectivity index (χ0v) is 15.5. The Balaban J connectivity index is 2.03. The molecule has 0 aliphatic rings. The van der Waals surface area contributed by atoms with Crippen LogP contribution in [-0.4, -0.2) is 40.8 Å². The average Bonchev–Trinajstić information content (AvgIpc) is 3.13. The summed E-state index contributed by atoms with van der Waals surface area (Å²) in [5.41, 5.74) is 2.27. The molecule has 0 spiro atoms. The summed E-state index contributed by atoms with van der Waals surface area (Å²) in [5.74, 6) is 2.01. The molecule has 0 fully saturated rings. The van der Waals surface area contributed by atoms with Crippen molar-refractivity contribution >= 4 is 17.7 Å². The molecular formula is C18H27N5S. The first-order valence-corrected chi connectivity index (χ1v) is 9.77. The molecule has 5 nitrogen and oxygen atoms in total. The molecule has 1 unspecified atom stereocenters. The molecule has 0 radical (unpaired) electrons. The maximum absolute atomic E-state index is 4.65. The number of guanidine groups is 1. The van der Waals surface area contributed by atoms with Crippen molar-refractivity contribution < 1.29 is 0 Å². The maximum atomic E-state index is 4.65. The molecule has 0 saturated carbocycles.